The van der Waals surface area contributed by atoms with Gasteiger partial charge in [0, 0.05) is 51.1 Å². The van der Waals surface area contributed by atoms with Gasteiger partial charge in [0.05, 0.1) is 0 Å². The van der Waals surface area contributed by atoms with Crippen LogP contribution in [0.4, 0.5) is 11.8 Å². The topological polar surface area (TPSA) is 58.0 Å². The maximum absolute atomic E-state index is 4.81. The Labute approximate surface area is 136 Å². The van der Waals surface area contributed by atoms with E-state index < -0.39 is 0 Å². The number of aromatic nitrogens is 4. The Hall–Kier alpha value is -1.67. The van der Waals surface area contributed by atoms with Crippen LogP contribution < -0.4 is 9.80 Å². The molecule has 1 aliphatic heterocycles. The fourth-order valence-corrected chi connectivity index (χ4v) is 4.49. The van der Waals surface area contributed by atoms with Crippen molar-refractivity contribution in [3.8, 4) is 0 Å². The monoisotopic (exact) mass is 332 g/mol. The molecule has 0 atom stereocenters. The van der Waals surface area contributed by atoms with E-state index in [-0.39, 0.29) is 0 Å². The van der Waals surface area contributed by atoms with Crippen LogP contribution in [0.15, 0.2) is 12.4 Å². The van der Waals surface area contributed by atoms with E-state index in [2.05, 4.69) is 14.9 Å². The Kier molecular flexibility index (Phi) is 3.50. The van der Waals surface area contributed by atoms with E-state index in [0.29, 0.717) is 0 Å². The molecule has 0 N–H and O–H groups in total. The molecule has 1 fully saturated rings. The van der Waals surface area contributed by atoms with Crippen molar-refractivity contribution in [1.82, 2.24) is 19.9 Å². The molecule has 4 rings (SSSR count). The minimum absolute atomic E-state index is 0.728. The molecular formula is C14H16N6S2. The zero-order chi connectivity index (χ0) is 15.1. The van der Waals surface area contributed by atoms with Gasteiger partial charge in [-0.05, 0) is 0 Å². The van der Waals surface area contributed by atoms with Crippen molar-refractivity contribution in [2.75, 3.05) is 48.5 Å². The van der Waals surface area contributed by atoms with Gasteiger partial charge in [-0.2, -0.15) is 16.7 Å². The standard InChI is InChI=1S/C14H16N6S2/c1-19(2)14-17-9-10-13(16-4-3-15-10)22-11(9)12(18-14)20-5-7-21-8-6-20/h3-4H,5-8H2,1-2H3. The lowest BCUT2D eigenvalue weighted by Crippen LogP contribution is -2.33. The largest absolute Gasteiger partial charge is 0.354 e. The Morgan fingerprint density at radius 2 is 1.82 bits per heavy atom. The molecule has 0 bridgehead atoms. The molecular weight excluding hydrogens is 316 g/mol. The van der Waals surface area contributed by atoms with Gasteiger partial charge in [0.15, 0.2) is 5.82 Å². The van der Waals surface area contributed by atoms with Gasteiger partial charge in [0.25, 0.3) is 0 Å². The number of nitrogens with zero attached hydrogens (tertiary/aromatic N) is 6. The Morgan fingerprint density at radius 1 is 1.05 bits per heavy atom. The van der Waals surface area contributed by atoms with Gasteiger partial charge >= 0.3 is 0 Å². The summed E-state index contributed by atoms with van der Waals surface area (Å²) >= 11 is 3.63. The summed E-state index contributed by atoms with van der Waals surface area (Å²) in [5, 5.41) is 0. The highest BCUT2D eigenvalue weighted by molar-refractivity contribution is 7.99. The van der Waals surface area contributed by atoms with E-state index in [1.165, 1.54) is 0 Å². The van der Waals surface area contributed by atoms with Gasteiger partial charge < -0.3 is 9.80 Å². The fraction of sp³-hybridized carbons (Fsp3) is 0.429. The predicted molar refractivity (Wildman–Crippen MR) is 94.4 cm³/mol. The first-order valence-electron chi connectivity index (χ1n) is 7.15. The summed E-state index contributed by atoms with van der Waals surface area (Å²) in [4.78, 5) is 23.7. The number of thioether (sulfide) groups is 1. The highest BCUT2D eigenvalue weighted by Gasteiger charge is 2.21. The summed E-state index contributed by atoms with van der Waals surface area (Å²) in [6, 6.07) is 0. The van der Waals surface area contributed by atoms with Crippen LogP contribution in [0, 0.1) is 0 Å². The number of hydrogen-bond donors (Lipinski definition) is 0. The van der Waals surface area contributed by atoms with Crippen LogP contribution in [0.2, 0.25) is 0 Å². The lowest BCUT2D eigenvalue weighted by molar-refractivity contribution is 0.839. The van der Waals surface area contributed by atoms with Crippen LogP contribution in [-0.2, 0) is 0 Å². The van der Waals surface area contributed by atoms with Crippen LogP contribution >= 0.6 is 23.1 Å². The van der Waals surface area contributed by atoms with Crippen LogP contribution in [0.5, 0.6) is 0 Å². The Balaban J connectivity index is 1.99. The molecule has 0 saturated carbocycles. The van der Waals surface area contributed by atoms with E-state index in [4.69, 9.17) is 9.97 Å². The third-order valence-corrected chi connectivity index (χ3v) is 5.65. The molecule has 0 radical (unpaired) electrons. The number of anilines is 2. The molecule has 1 saturated heterocycles. The van der Waals surface area contributed by atoms with Crippen LogP contribution in [0.25, 0.3) is 20.6 Å². The van der Waals surface area contributed by atoms with Crippen molar-refractivity contribution in [1.29, 1.82) is 0 Å². The first kappa shape index (κ1) is 14.0. The summed E-state index contributed by atoms with van der Waals surface area (Å²) in [6.45, 7) is 2.05. The quantitative estimate of drug-likeness (QED) is 0.713. The van der Waals surface area contributed by atoms with Crippen molar-refractivity contribution in [2.24, 2.45) is 0 Å². The zero-order valence-electron chi connectivity index (χ0n) is 12.5. The predicted octanol–water partition coefficient (Wildman–Crippen LogP) is 2.25. The highest BCUT2D eigenvalue weighted by Crippen LogP contribution is 2.37. The van der Waals surface area contributed by atoms with E-state index in [0.717, 1.165) is 56.9 Å². The first-order chi connectivity index (χ1) is 10.7. The smallest absolute Gasteiger partial charge is 0.227 e. The fourth-order valence-electron chi connectivity index (χ4n) is 2.53. The summed E-state index contributed by atoms with van der Waals surface area (Å²) in [7, 11) is 3.94. The second-order valence-electron chi connectivity index (χ2n) is 5.33. The van der Waals surface area contributed by atoms with Gasteiger partial charge in [-0.25, -0.2) is 15.0 Å². The summed E-state index contributed by atoms with van der Waals surface area (Å²) in [5.41, 5.74) is 1.79. The molecule has 0 aliphatic carbocycles. The second kappa shape index (κ2) is 5.51. The molecule has 4 heterocycles. The minimum Gasteiger partial charge on any atom is -0.354 e. The molecule has 8 heteroatoms. The molecule has 0 aromatic carbocycles. The third kappa shape index (κ3) is 2.26. The van der Waals surface area contributed by atoms with Crippen molar-refractivity contribution in [3.05, 3.63) is 12.4 Å². The molecule has 0 amide bonds. The normalized spacial score (nSPS) is 15.6. The van der Waals surface area contributed by atoms with E-state index in [1.54, 1.807) is 23.7 Å². The third-order valence-electron chi connectivity index (χ3n) is 3.63. The van der Waals surface area contributed by atoms with Crippen molar-refractivity contribution in [3.63, 3.8) is 0 Å². The summed E-state index contributed by atoms with van der Waals surface area (Å²) in [5.74, 6) is 4.04. The van der Waals surface area contributed by atoms with E-state index >= 15 is 0 Å². The molecule has 6 nitrogen and oxygen atoms in total. The molecule has 114 valence electrons. The van der Waals surface area contributed by atoms with Crippen LogP contribution in [-0.4, -0.2) is 58.6 Å². The average Bonchev–Trinajstić information content (AvgIpc) is 2.93. The van der Waals surface area contributed by atoms with Gasteiger partial charge in [-0.3, -0.25) is 0 Å². The van der Waals surface area contributed by atoms with Gasteiger partial charge in [-0.1, -0.05) is 0 Å². The highest BCUT2D eigenvalue weighted by atomic mass is 32.2. The van der Waals surface area contributed by atoms with Crippen LogP contribution in [0.1, 0.15) is 0 Å². The Bertz CT molecular complexity index is 825. The number of rotatable bonds is 2. The lowest BCUT2D eigenvalue weighted by atomic mass is 10.3. The Morgan fingerprint density at radius 3 is 2.59 bits per heavy atom. The molecule has 0 unspecified atom stereocenters. The van der Waals surface area contributed by atoms with Crippen molar-refractivity contribution < 1.29 is 0 Å². The maximum atomic E-state index is 4.81. The van der Waals surface area contributed by atoms with Crippen LogP contribution in [0.3, 0.4) is 0 Å². The number of thiophene rings is 1. The lowest BCUT2D eigenvalue weighted by Gasteiger charge is -2.28. The van der Waals surface area contributed by atoms with Crippen molar-refractivity contribution >= 4 is 55.4 Å². The van der Waals surface area contributed by atoms with E-state index in [1.807, 2.05) is 30.8 Å². The van der Waals surface area contributed by atoms with Gasteiger partial charge in [0.2, 0.25) is 5.95 Å². The molecule has 0 spiro atoms. The molecule has 3 aromatic rings. The number of fused-ring (bicyclic) bond motifs is 3. The summed E-state index contributed by atoms with van der Waals surface area (Å²) < 4.78 is 1.10. The van der Waals surface area contributed by atoms with E-state index in [9.17, 15) is 0 Å². The average molecular weight is 332 g/mol. The second-order valence-corrected chi connectivity index (χ2v) is 7.55. The molecule has 3 aromatic heterocycles. The molecule has 1 aliphatic rings. The van der Waals surface area contributed by atoms with Gasteiger partial charge in [0.1, 0.15) is 20.6 Å². The minimum atomic E-state index is 0.728. The van der Waals surface area contributed by atoms with Crippen molar-refractivity contribution in [2.45, 2.75) is 0 Å². The maximum Gasteiger partial charge on any atom is 0.227 e. The first-order valence-corrected chi connectivity index (χ1v) is 9.12. The van der Waals surface area contributed by atoms with Gasteiger partial charge in [-0.15, -0.1) is 11.3 Å². The summed E-state index contributed by atoms with van der Waals surface area (Å²) in [6.07, 6.45) is 3.46. The zero-order valence-corrected chi connectivity index (χ0v) is 14.1. The molecule has 22 heavy (non-hydrogen) atoms. The number of hydrogen-bond acceptors (Lipinski definition) is 8. The SMILES string of the molecule is CN(C)c1nc(N2CCSCC2)c2sc3nccnc3c2n1.